The Labute approximate surface area is 303 Å². The molecule has 0 aromatic heterocycles. The minimum atomic E-state index is -3.50. The lowest BCUT2D eigenvalue weighted by molar-refractivity contribution is -0.196. The zero-order chi connectivity index (χ0) is 34.1. The van der Waals surface area contributed by atoms with Crippen LogP contribution >= 0.6 is 23.9 Å². The van der Waals surface area contributed by atoms with Crippen molar-refractivity contribution in [3.8, 4) is 0 Å². The zero-order valence-corrected chi connectivity index (χ0v) is 30.5. The first-order valence-electron chi connectivity index (χ1n) is 17.7. The van der Waals surface area contributed by atoms with Crippen LogP contribution in [0.3, 0.4) is 0 Å². The lowest BCUT2D eigenvalue weighted by Crippen LogP contribution is -2.45. The Bertz CT molecular complexity index is 2020. The van der Waals surface area contributed by atoms with E-state index in [2.05, 4.69) is 115 Å². The Kier molecular flexibility index (Phi) is 9.67. The molecular weight excluding hydrogens is 701 g/mol. The van der Waals surface area contributed by atoms with Gasteiger partial charge in [0.05, 0.1) is 31.2 Å². The number of halogens is 1. The Morgan fingerprint density at radius 2 is 1.18 bits per heavy atom. The highest BCUT2D eigenvalue weighted by atomic mass is 79.9. The lowest BCUT2D eigenvalue weighted by Gasteiger charge is -2.42. The molecule has 252 valence electrons. The van der Waals surface area contributed by atoms with Crippen LogP contribution < -0.4 is 9.98 Å². The third kappa shape index (κ3) is 6.57. The van der Waals surface area contributed by atoms with Crippen molar-refractivity contribution in [1.29, 1.82) is 0 Å². The Morgan fingerprint density at radius 1 is 0.680 bits per heavy atom. The van der Waals surface area contributed by atoms with E-state index in [1.165, 1.54) is 32.7 Å². The first kappa shape index (κ1) is 33.4. The van der Waals surface area contributed by atoms with Gasteiger partial charge in [0.15, 0.2) is 13.7 Å². The molecule has 1 N–H and O–H groups in total. The van der Waals surface area contributed by atoms with Crippen LogP contribution in [0.4, 0.5) is 0 Å². The van der Waals surface area contributed by atoms with Crippen molar-refractivity contribution >= 4 is 51.2 Å². The summed E-state index contributed by atoms with van der Waals surface area (Å²) in [6.45, 7) is 1.11. The molecule has 1 aliphatic carbocycles. The molecule has 2 fully saturated rings. The number of ketones is 1. The third-order valence-corrected chi connectivity index (χ3v) is 14.1. The van der Waals surface area contributed by atoms with Gasteiger partial charge in [-0.05, 0) is 63.2 Å². The summed E-state index contributed by atoms with van der Waals surface area (Å²) >= 11 is 3.50. The SMILES string of the molecule is O=C(C[C@@H](N[P+]1([O-])N(Cc2cccc3ccccc23)[C@@H]2CCCC[C@H]2N1Cc1cccc2ccccc12)c1ccccc1)c1ccc(Br)cc1. The number of fused-ring (bicyclic) bond motifs is 3. The molecule has 50 heavy (non-hydrogen) atoms. The van der Waals surface area contributed by atoms with E-state index < -0.39 is 14.0 Å². The Balaban J connectivity index is 1.24. The predicted octanol–water partition coefficient (Wildman–Crippen LogP) is 10.0. The summed E-state index contributed by atoms with van der Waals surface area (Å²) in [7, 11) is -3.50. The summed E-state index contributed by atoms with van der Waals surface area (Å²) in [5, 5.41) is 8.53. The van der Waals surface area contributed by atoms with Gasteiger partial charge in [-0.25, -0.2) is 0 Å². The molecule has 0 amide bonds. The van der Waals surface area contributed by atoms with Crippen LogP contribution in [0.15, 0.2) is 144 Å². The van der Waals surface area contributed by atoms with E-state index in [0.717, 1.165) is 35.7 Å². The van der Waals surface area contributed by atoms with Gasteiger partial charge in [-0.1, -0.05) is 156 Å². The molecule has 8 rings (SSSR count). The summed E-state index contributed by atoms with van der Waals surface area (Å²) in [6, 6.07) is 47.3. The molecule has 0 unspecified atom stereocenters. The number of carbonyl (C=O) groups is 1. The first-order chi connectivity index (χ1) is 24.5. The monoisotopic (exact) mass is 741 g/mol. The van der Waals surface area contributed by atoms with Gasteiger partial charge in [0.1, 0.15) is 0 Å². The minimum Gasteiger partial charge on any atom is -0.636 e. The van der Waals surface area contributed by atoms with E-state index in [-0.39, 0.29) is 24.3 Å². The number of rotatable bonds is 10. The van der Waals surface area contributed by atoms with Gasteiger partial charge in [0.25, 0.3) is 0 Å². The van der Waals surface area contributed by atoms with Gasteiger partial charge in [0, 0.05) is 16.5 Å². The van der Waals surface area contributed by atoms with Crippen molar-refractivity contribution in [3.05, 3.63) is 166 Å². The molecule has 6 aromatic rings. The highest BCUT2D eigenvalue weighted by Crippen LogP contribution is 2.66. The highest BCUT2D eigenvalue weighted by Gasteiger charge is 2.60. The molecule has 1 saturated carbocycles. The topological polar surface area (TPSA) is 58.6 Å². The molecule has 0 bridgehead atoms. The molecule has 2 aliphatic rings. The summed E-state index contributed by atoms with van der Waals surface area (Å²) < 4.78 is 5.55. The maximum Gasteiger partial charge on any atom is 0.184 e. The quantitative estimate of drug-likeness (QED) is 0.112. The largest absolute Gasteiger partial charge is 0.636 e. The maximum atomic E-state index is 16.5. The van der Waals surface area contributed by atoms with Crippen LogP contribution in [0.1, 0.15) is 65.2 Å². The Hall–Kier alpha value is -3.74. The van der Waals surface area contributed by atoms with E-state index in [9.17, 15) is 4.79 Å². The van der Waals surface area contributed by atoms with E-state index >= 15 is 4.89 Å². The third-order valence-electron chi connectivity index (χ3n) is 10.7. The fourth-order valence-electron chi connectivity index (χ4n) is 8.19. The summed E-state index contributed by atoms with van der Waals surface area (Å²) in [5.74, 6) is 0.0169. The number of nitrogens with one attached hydrogen (secondary N) is 1. The average Bonchev–Trinajstić information content (AvgIpc) is 3.38. The van der Waals surface area contributed by atoms with Gasteiger partial charge >= 0.3 is 0 Å². The van der Waals surface area contributed by atoms with Gasteiger partial charge in [-0.2, -0.15) is 5.09 Å². The van der Waals surface area contributed by atoms with Crippen LogP contribution in [0.2, 0.25) is 0 Å². The van der Waals surface area contributed by atoms with Gasteiger partial charge in [-0.3, -0.25) is 4.79 Å². The maximum absolute atomic E-state index is 16.5. The van der Waals surface area contributed by atoms with Crippen LogP contribution in [0.5, 0.6) is 0 Å². The molecule has 1 heterocycles. The van der Waals surface area contributed by atoms with E-state index in [4.69, 9.17) is 0 Å². The van der Waals surface area contributed by atoms with Crippen LogP contribution in [-0.2, 0) is 13.1 Å². The Morgan fingerprint density at radius 3 is 1.74 bits per heavy atom. The van der Waals surface area contributed by atoms with Crippen molar-refractivity contribution in [1.82, 2.24) is 14.4 Å². The van der Waals surface area contributed by atoms with Crippen molar-refractivity contribution in [2.24, 2.45) is 0 Å². The van der Waals surface area contributed by atoms with Gasteiger partial charge in [-0.15, -0.1) is 9.34 Å². The number of Topliss-reactive ketones (excluding diaryl/α,β-unsaturated/α-hetero) is 1. The van der Waals surface area contributed by atoms with Gasteiger partial charge < -0.3 is 4.89 Å². The zero-order valence-electron chi connectivity index (χ0n) is 28.0. The van der Waals surface area contributed by atoms with Crippen LogP contribution in [0.25, 0.3) is 21.5 Å². The van der Waals surface area contributed by atoms with Crippen molar-refractivity contribution in [3.63, 3.8) is 0 Å². The van der Waals surface area contributed by atoms with E-state index in [1.54, 1.807) is 0 Å². The normalized spacial score (nSPS) is 19.8. The highest BCUT2D eigenvalue weighted by molar-refractivity contribution is 9.10. The molecule has 1 aliphatic heterocycles. The molecule has 5 nitrogen and oxygen atoms in total. The van der Waals surface area contributed by atoms with Crippen molar-refractivity contribution < 1.29 is 9.69 Å². The first-order valence-corrected chi connectivity index (χ1v) is 20.1. The molecular formula is C43H41BrN3O2P. The molecule has 6 aromatic carbocycles. The second kappa shape index (κ2) is 14.5. The average molecular weight is 743 g/mol. The second-order valence-electron chi connectivity index (χ2n) is 13.7. The van der Waals surface area contributed by atoms with E-state index in [1.807, 2.05) is 54.6 Å². The number of benzene rings is 6. The van der Waals surface area contributed by atoms with Crippen molar-refractivity contribution in [2.75, 3.05) is 0 Å². The fraction of sp³-hybridized carbons (Fsp3) is 0.233. The molecule has 7 heteroatoms. The van der Waals surface area contributed by atoms with Crippen LogP contribution in [0, 0.1) is 0 Å². The minimum absolute atomic E-state index is 0.0169. The number of hydrogen-bond acceptors (Lipinski definition) is 5. The predicted molar refractivity (Wildman–Crippen MR) is 207 cm³/mol. The van der Waals surface area contributed by atoms with Crippen molar-refractivity contribution in [2.45, 2.75) is 63.3 Å². The van der Waals surface area contributed by atoms with E-state index in [0.29, 0.717) is 18.7 Å². The fourth-order valence-corrected chi connectivity index (χ4v) is 11.7. The summed E-state index contributed by atoms with van der Waals surface area (Å²) in [5.41, 5.74) is 3.94. The summed E-state index contributed by atoms with van der Waals surface area (Å²) in [4.78, 5) is 30.4. The smallest absolute Gasteiger partial charge is 0.184 e. The number of carbonyl (C=O) groups excluding carboxylic acids is 1. The lowest BCUT2D eigenvalue weighted by atomic mass is 9.89. The van der Waals surface area contributed by atoms with Crippen LogP contribution in [-0.4, -0.2) is 27.2 Å². The molecule has 0 spiro atoms. The molecule has 1 saturated heterocycles. The number of hydrogen-bond donors (Lipinski definition) is 1. The second-order valence-corrected chi connectivity index (χ2v) is 17.0. The standard InChI is InChI=1S/C43H41BrN3O2P/c44-37-26-24-34(25-27-37)43(48)28-40(33-14-2-1-3-15-33)45-50(49)46(29-35-18-10-16-31-12-4-6-20-38(31)35)41-22-8-9-23-42(41)47(50)30-36-19-11-17-32-13-5-7-21-39(32)36/h1-7,10-21,24-27,40-42H,8-9,22-23,28-30H2,(H,45,49)/t40-,41-,42-/m1/s1. The number of nitrogens with zero attached hydrogens (tertiary/aromatic N) is 2. The van der Waals surface area contributed by atoms with Gasteiger partial charge in [0.2, 0.25) is 0 Å². The summed E-state index contributed by atoms with van der Waals surface area (Å²) in [6.07, 6.45) is 4.38. The molecule has 3 atom stereocenters. The molecule has 0 radical (unpaired) electrons.